The lowest BCUT2D eigenvalue weighted by molar-refractivity contribution is -0.124. The fraction of sp³-hybridized carbons (Fsp3) is 0.208. The molecule has 1 atom stereocenters. The molecule has 6 nitrogen and oxygen atoms in total. The molecule has 0 aliphatic rings. The van der Waals surface area contributed by atoms with E-state index in [4.69, 9.17) is 16.3 Å². The Morgan fingerprint density at radius 1 is 1.00 bits per heavy atom. The maximum absolute atomic E-state index is 12.7. The van der Waals surface area contributed by atoms with Gasteiger partial charge in [0.2, 0.25) is 5.91 Å². The SMILES string of the molecule is CC(=O)Nc1sc(C)c(C)c1C(=O)OCC(=O)NC(c1ccccc1)c1ccc(Cl)cc1. The first kappa shape index (κ1) is 23.5. The Morgan fingerprint density at radius 2 is 1.62 bits per heavy atom. The van der Waals surface area contributed by atoms with Crippen molar-refractivity contribution in [1.29, 1.82) is 0 Å². The van der Waals surface area contributed by atoms with Crippen molar-refractivity contribution < 1.29 is 19.1 Å². The molecule has 0 bridgehead atoms. The molecular formula is C24H23ClN2O4S. The van der Waals surface area contributed by atoms with E-state index in [0.29, 0.717) is 15.6 Å². The van der Waals surface area contributed by atoms with E-state index in [-0.39, 0.29) is 11.5 Å². The number of esters is 1. The average molecular weight is 471 g/mol. The normalized spacial score (nSPS) is 11.5. The van der Waals surface area contributed by atoms with Gasteiger partial charge in [-0.25, -0.2) is 4.79 Å². The van der Waals surface area contributed by atoms with Crippen LogP contribution < -0.4 is 10.6 Å². The molecule has 2 N–H and O–H groups in total. The van der Waals surface area contributed by atoms with Crippen molar-refractivity contribution in [3.05, 3.63) is 86.8 Å². The van der Waals surface area contributed by atoms with Crippen LogP contribution in [0.15, 0.2) is 54.6 Å². The maximum atomic E-state index is 12.7. The van der Waals surface area contributed by atoms with E-state index in [0.717, 1.165) is 16.0 Å². The number of carbonyl (C=O) groups excluding carboxylic acids is 3. The molecule has 0 aliphatic carbocycles. The third-order valence-electron chi connectivity index (χ3n) is 4.85. The molecule has 0 fully saturated rings. The van der Waals surface area contributed by atoms with Gasteiger partial charge >= 0.3 is 5.97 Å². The van der Waals surface area contributed by atoms with Crippen molar-refractivity contribution in [3.8, 4) is 0 Å². The molecule has 0 saturated heterocycles. The van der Waals surface area contributed by atoms with E-state index >= 15 is 0 Å². The predicted molar refractivity (Wildman–Crippen MR) is 126 cm³/mol. The fourth-order valence-corrected chi connectivity index (χ4v) is 4.41. The van der Waals surface area contributed by atoms with E-state index < -0.39 is 24.5 Å². The first-order valence-corrected chi connectivity index (χ1v) is 11.1. The molecule has 32 heavy (non-hydrogen) atoms. The molecular weight excluding hydrogens is 448 g/mol. The van der Waals surface area contributed by atoms with Crippen molar-refractivity contribution in [3.63, 3.8) is 0 Å². The minimum atomic E-state index is -0.659. The topological polar surface area (TPSA) is 84.5 Å². The van der Waals surface area contributed by atoms with Crippen LogP contribution >= 0.6 is 22.9 Å². The Hall–Kier alpha value is -3.16. The van der Waals surface area contributed by atoms with Crippen LogP contribution in [0.4, 0.5) is 5.00 Å². The fourth-order valence-electron chi connectivity index (χ4n) is 3.19. The van der Waals surface area contributed by atoms with E-state index in [1.165, 1.54) is 18.3 Å². The van der Waals surface area contributed by atoms with Crippen LogP contribution in [0.25, 0.3) is 0 Å². The van der Waals surface area contributed by atoms with Gasteiger partial charge in [-0.05, 0) is 42.7 Å². The second-order valence-electron chi connectivity index (χ2n) is 7.21. The number of hydrogen-bond donors (Lipinski definition) is 2. The van der Waals surface area contributed by atoms with Gasteiger partial charge in [0.25, 0.3) is 5.91 Å². The van der Waals surface area contributed by atoms with E-state index in [9.17, 15) is 14.4 Å². The number of halogens is 1. The molecule has 1 heterocycles. The smallest absolute Gasteiger partial charge is 0.341 e. The standard InChI is InChI=1S/C24H23ClN2O4S/c1-14-15(2)32-23(26-16(3)28)21(14)24(30)31-13-20(29)27-22(17-7-5-4-6-8-17)18-9-11-19(25)12-10-18/h4-12,22H,13H2,1-3H3,(H,26,28)(H,27,29). The van der Waals surface area contributed by atoms with Gasteiger partial charge < -0.3 is 15.4 Å². The molecule has 1 unspecified atom stereocenters. The highest BCUT2D eigenvalue weighted by Gasteiger charge is 2.23. The molecule has 0 aliphatic heterocycles. The number of thiophene rings is 1. The first-order chi connectivity index (χ1) is 15.3. The Kier molecular flexibility index (Phi) is 7.66. The van der Waals surface area contributed by atoms with Crippen LogP contribution in [0.2, 0.25) is 5.02 Å². The van der Waals surface area contributed by atoms with Gasteiger partial charge in [-0.1, -0.05) is 54.1 Å². The summed E-state index contributed by atoms with van der Waals surface area (Å²) in [6.45, 7) is 4.54. The molecule has 0 radical (unpaired) electrons. The van der Waals surface area contributed by atoms with Crippen molar-refractivity contribution in [1.82, 2.24) is 5.32 Å². The van der Waals surface area contributed by atoms with Crippen molar-refractivity contribution in [2.24, 2.45) is 0 Å². The minimum absolute atomic E-state index is 0.271. The molecule has 166 valence electrons. The number of ether oxygens (including phenoxy) is 1. The zero-order valence-corrected chi connectivity index (χ0v) is 19.5. The molecule has 1 aromatic heterocycles. The van der Waals surface area contributed by atoms with E-state index in [1.54, 1.807) is 19.1 Å². The summed E-state index contributed by atoms with van der Waals surface area (Å²) in [6.07, 6.45) is 0. The third-order valence-corrected chi connectivity index (χ3v) is 6.23. The zero-order valence-electron chi connectivity index (χ0n) is 17.9. The lowest BCUT2D eigenvalue weighted by Crippen LogP contribution is -2.33. The quantitative estimate of drug-likeness (QED) is 0.474. The monoisotopic (exact) mass is 470 g/mol. The van der Waals surface area contributed by atoms with Gasteiger partial charge in [0.1, 0.15) is 5.00 Å². The zero-order chi connectivity index (χ0) is 23.3. The number of amides is 2. The van der Waals surface area contributed by atoms with Gasteiger partial charge in [0, 0.05) is 16.8 Å². The van der Waals surface area contributed by atoms with E-state index in [2.05, 4.69) is 10.6 Å². The van der Waals surface area contributed by atoms with Crippen LogP contribution in [0, 0.1) is 13.8 Å². The Labute approximate surface area is 195 Å². The molecule has 2 aromatic carbocycles. The lowest BCUT2D eigenvalue weighted by atomic mass is 9.99. The highest BCUT2D eigenvalue weighted by Crippen LogP contribution is 2.33. The summed E-state index contributed by atoms with van der Waals surface area (Å²) in [5.41, 5.74) is 2.71. The summed E-state index contributed by atoms with van der Waals surface area (Å²) in [6, 6.07) is 16.2. The molecule has 8 heteroatoms. The number of aryl methyl sites for hydroxylation is 1. The predicted octanol–water partition coefficient (Wildman–Crippen LogP) is 5.04. The first-order valence-electron chi connectivity index (χ1n) is 9.90. The number of carbonyl (C=O) groups is 3. The summed E-state index contributed by atoms with van der Waals surface area (Å²) < 4.78 is 5.28. The van der Waals surface area contributed by atoms with Crippen molar-refractivity contribution in [2.45, 2.75) is 26.8 Å². The van der Waals surface area contributed by atoms with Crippen molar-refractivity contribution in [2.75, 3.05) is 11.9 Å². The number of hydrogen-bond acceptors (Lipinski definition) is 5. The number of nitrogens with one attached hydrogen (secondary N) is 2. The van der Waals surface area contributed by atoms with Gasteiger partial charge in [0.05, 0.1) is 11.6 Å². The van der Waals surface area contributed by atoms with Gasteiger partial charge in [-0.2, -0.15) is 0 Å². The molecule has 0 spiro atoms. The third kappa shape index (κ3) is 5.75. The van der Waals surface area contributed by atoms with Crippen LogP contribution in [-0.4, -0.2) is 24.4 Å². The average Bonchev–Trinajstić information content (AvgIpc) is 3.04. The number of rotatable bonds is 7. The molecule has 3 aromatic rings. The van der Waals surface area contributed by atoms with E-state index in [1.807, 2.05) is 49.4 Å². The molecule has 3 rings (SSSR count). The highest BCUT2D eigenvalue weighted by atomic mass is 35.5. The second-order valence-corrected chi connectivity index (χ2v) is 8.87. The Bertz CT molecular complexity index is 1130. The summed E-state index contributed by atoms with van der Waals surface area (Å²) >= 11 is 7.29. The van der Waals surface area contributed by atoms with Gasteiger partial charge in [-0.3, -0.25) is 9.59 Å². The van der Waals surface area contributed by atoms with Crippen LogP contribution in [0.1, 0.15) is 44.9 Å². The maximum Gasteiger partial charge on any atom is 0.341 e. The largest absolute Gasteiger partial charge is 0.452 e. The van der Waals surface area contributed by atoms with Gasteiger partial charge in [-0.15, -0.1) is 11.3 Å². The number of benzene rings is 2. The molecule has 2 amide bonds. The second kappa shape index (κ2) is 10.4. The highest BCUT2D eigenvalue weighted by molar-refractivity contribution is 7.16. The summed E-state index contributed by atoms with van der Waals surface area (Å²) in [4.78, 5) is 37.7. The van der Waals surface area contributed by atoms with Crippen molar-refractivity contribution >= 4 is 45.7 Å². The van der Waals surface area contributed by atoms with Crippen LogP contribution in [-0.2, 0) is 14.3 Å². The summed E-state index contributed by atoms with van der Waals surface area (Å²) in [5, 5.41) is 6.58. The Balaban J connectivity index is 1.73. The van der Waals surface area contributed by atoms with Crippen LogP contribution in [0.5, 0.6) is 0 Å². The van der Waals surface area contributed by atoms with Gasteiger partial charge in [0.15, 0.2) is 6.61 Å². The van der Waals surface area contributed by atoms with Crippen LogP contribution in [0.3, 0.4) is 0 Å². The Morgan fingerprint density at radius 3 is 2.25 bits per heavy atom. The minimum Gasteiger partial charge on any atom is -0.452 e. The summed E-state index contributed by atoms with van der Waals surface area (Å²) in [7, 11) is 0. The summed E-state index contributed by atoms with van der Waals surface area (Å²) in [5.74, 6) is -1.40. The molecule has 0 saturated carbocycles. The lowest BCUT2D eigenvalue weighted by Gasteiger charge is -2.20. The number of anilines is 1.